The highest BCUT2D eigenvalue weighted by Crippen LogP contribution is 2.62. The predicted molar refractivity (Wildman–Crippen MR) is 30.7 cm³/mol. The molecule has 0 spiro atoms. The van der Waals surface area contributed by atoms with Crippen molar-refractivity contribution in [3.05, 3.63) is 0 Å². The van der Waals surface area contributed by atoms with Crippen molar-refractivity contribution >= 4 is 19.0 Å². The van der Waals surface area contributed by atoms with Crippen molar-refractivity contribution < 1.29 is 35.0 Å². The van der Waals surface area contributed by atoms with Gasteiger partial charge in [-0.1, -0.05) is 0 Å². The molecule has 74 valence electrons. The smallest absolute Gasteiger partial charge is 0.494 e. The van der Waals surface area contributed by atoms with Gasteiger partial charge in [-0.25, -0.2) is 12.7 Å². The molecule has 0 aliphatic heterocycles. The summed E-state index contributed by atoms with van der Waals surface area (Å²) in [6, 6.07) is 0. The standard InChI is InChI=1S/C2H4F3O5PS/c1-9-11(6,2(3,4)5)10-12(7)8/h1H3,(H,7,8)/p-1. The zero-order chi connectivity index (χ0) is 9.99. The zero-order valence-electron chi connectivity index (χ0n) is 5.53. The highest BCUT2D eigenvalue weighted by atomic mass is 32.2. The molecule has 2 unspecified atom stereocenters. The Morgan fingerprint density at radius 2 is 1.92 bits per heavy atom. The van der Waals surface area contributed by atoms with E-state index in [0.717, 1.165) is 0 Å². The quantitative estimate of drug-likeness (QED) is 0.534. The van der Waals surface area contributed by atoms with E-state index in [0.29, 0.717) is 7.11 Å². The minimum atomic E-state index is -5.55. The molecule has 0 aromatic heterocycles. The third-order valence-electron chi connectivity index (χ3n) is 0.710. The van der Waals surface area contributed by atoms with Gasteiger partial charge in [0.2, 0.25) is 0 Å². The van der Waals surface area contributed by atoms with Crippen LogP contribution in [0.5, 0.6) is 0 Å². The summed E-state index contributed by atoms with van der Waals surface area (Å²) in [4.78, 5) is 0. The van der Waals surface area contributed by atoms with Crippen molar-refractivity contribution in [3.8, 4) is 0 Å². The van der Waals surface area contributed by atoms with Gasteiger partial charge in [-0.15, -0.1) is 0 Å². The van der Waals surface area contributed by atoms with Crippen molar-refractivity contribution in [1.82, 2.24) is 0 Å². The monoisotopic (exact) mass is 227 g/mol. The number of rotatable bonds is 3. The summed E-state index contributed by atoms with van der Waals surface area (Å²) in [7, 11) is -5.12. The lowest BCUT2D eigenvalue weighted by molar-refractivity contribution is -0.0666. The van der Waals surface area contributed by atoms with Gasteiger partial charge in [0.25, 0.3) is 0 Å². The van der Waals surface area contributed by atoms with Gasteiger partial charge in [-0.05, 0) is 0 Å². The van der Waals surface area contributed by atoms with Crippen LogP contribution in [-0.4, -0.2) is 21.8 Å². The zero-order valence-corrected chi connectivity index (χ0v) is 7.24. The van der Waals surface area contributed by atoms with Gasteiger partial charge in [-0.3, -0.25) is 0 Å². The highest BCUT2D eigenvalue weighted by Gasteiger charge is 2.55. The van der Waals surface area contributed by atoms with Crippen LogP contribution in [0, 0.1) is 0 Å². The Hall–Kier alpha value is 0.0500. The summed E-state index contributed by atoms with van der Waals surface area (Å²) in [5.74, 6) is -5.35. The molecule has 0 aromatic rings. The summed E-state index contributed by atoms with van der Waals surface area (Å²) in [6.07, 6.45) is 0. The molecule has 0 radical (unpaired) electrons. The fourth-order valence-corrected chi connectivity index (χ4v) is 1.69. The number of halogens is 3. The van der Waals surface area contributed by atoms with Gasteiger partial charge in [0.05, 0.1) is 11.4 Å². The molecule has 0 aliphatic carbocycles. The highest BCUT2D eigenvalue weighted by molar-refractivity contribution is 7.80. The van der Waals surface area contributed by atoms with Crippen molar-refractivity contribution in [3.63, 3.8) is 0 Å². The summed E-state index contributed by atoms with van der Waals surface area (Å²) in [5, 5.41) is 0. The normalized spacial score (nSPS) is 20.1. The maximum Gasteiger partial charge on any atom is 0.494 e. The van der Waals surface area contributed by atoms with E-state index in [2.05, 4.69) is 8.49 Å². The molecule has 5 nitrogen and oxygen atoms in total. The fourth-order valence-electron chi connectivity index (χ4n) is 0.256. The van der Waals surface area contributed by atoms with Gasteiger partial charge in [0.1, 0.15) is 0 Å². The molecular formula is C2H3F3O5PS-. The molecule has 0 heterocycles. The average Bonchev–Trinajstić information content (AvgIpc) is 1.83. The van der Waals surface area contributed by atoms with Crippen LogP contribution < -0.4 is 0 Å². The third kappa shape index (κ3) is 2.83. The first kappa shape index (κ1) is 12.0. The lowest BCUT2D eigenvalue weighted by Crippen LogP contribution is -2.13. The van der Waals surface area contributed by atoms with E-state index < -0.39 is 24.9 Å². The summed E-state index contributed by atoms with van der Waals surface area (Å²) in [6.45, 7) is 0. The molecule has 0 N–H and O–H groups in total. The second-order valence-corrected chi connectivity index (χ2v) is 4.30. The van der Waals surface area contributed by atoms with Crippen molar-refractivity contribution in [2.24, 2.45) is 0 Å². The van der Waals surface area contributed by atoms with Gasteiger partial charge in [0, 0.05) is 7.11 Å². The van der Waals surface area contributed by atoms with Crippen LogP contribution in [0.2, 0.25) is 0 Å². The Morgan fingerprint density at radius 1 is 1.50 bits per heavy atom. The van der Waals surface area contributed by atoms with E-state index in [1.165, 1.54) is 0 Å². The van der Waals surface area contributed by atoms with Gasteiger partial charge >= 0.3 is 13.5 Å². The first-order chi connectivity index (χ1) is 5.23. The van der Waals surface area contributed by atoms with E-state index in [1.54, 1.807) is 0 Å². The maximum atomic E-state index is 11.7. The van der Waals surface area contributed by atoms with E-state index in [4.69, 9.17) is 0 Å². The summed E-state index contributed by atoms with van der Waals surface area (Å²) >= 11 is -3.54. The molecule has 10 heteroatoms. The molecule has 0 saturated heterocycles. The first-order valence-electron chi connectivity index (χ1n) is 2.25. The maximum absolute atomic E-state index is 11.7. The van der Waals surface area contributed by atoms with Gasteiger partial charge in [0.15, 0.2) is 0 Å². The first-order valence-corrected chi connectivity index (χ1v) is 4.79. The van der Waals surface area contributed by atoms with Crippen LogP contribution in [0.3, 0.4) is 0 Å². The molecule has 0 aromatic carbocycles. The van der Waals surface area contributed by atoms with Crippen LogP contribution in [-0.2, 0) is 24.4 Å². The van der Waals surface area contributed by atoms with E-state index >= 15 is 0 Å². The fraction of sp³-hybridized carbons (Fsp3) is 1.00. The van der Waals surface area contributed by atoms with Crippen LogP contribution in [0.1, 0.15) is 0 Å². The predicted octanol–water partition coefficient (Wildman–Crippen LogP) is 1.16. The van der Waals surface area contributed by atoms with Crippen molar-refractivity contribution in [2.75, 3.05) is 7.11 Å². The SMILES string of the molecule is COP(=O)(OS(=O)[O-])C(F)(F)F. The largest absolute Gasteiger partial charge is 0.749 e. The minimum Gasteiger partial charge on any atom is -0.749 e. The Bertz CT molecular complexity index is 225. The van der Waals surface area contributed by atoms with E-state index in [9.17, 15) is 26.5 Å². The lowest BCUT2D eigenvalue weighted by Gasteiger charge is -2.18. The number of hydrogen-bond donors (Lipinski definition) is 0. The lowest BCUT2D eigenvalue weighted by atomic mass is 11.6. The Kier molecular flexibility index (Phi) is 3.86. The molecule has 0 rings (SSSR count). The van der Waals surface area contributed by atoms with E-state index in [-0.39, 0.29) is 0 Å². The molecule has 12 heavy (non-hydrogen) atoms. The third-order valence-corrected chi connectivity index (χ3v) is 3.08. The van der Waals surface area contributed by atoms with E-state index in [1.807, 2.05) is 0 Å². The molecule has 0 bridgehead atoms. The number of alkyl halides is 3. The Labute approximate surface area is 67.9 Å². The molecule has 0 aliphatic rings. The topological polar surface area (TPSA) is 75.7 Å². The molecule has 0 fully saturated rings. The number of hydrogen-bond acceptors (Lipinski definition) is 5. The van der Waals surface area contributed by atoms with Gasteiger partial charge < -0.3 is 9.08 Å². The molecular weight excluding hydrogens is 224 g/mol. The minimum absolute atomic E-state index is 0.432. The van der Waals surface area contributed by atoms with Crippen LogP contribution >= 0.6 is 7.60 Å². The van der Waals surface area contributed by atoms with Crippen molar-refractivity contribution in [2.45, 2.75) is 5.92 Å². The molecule has 2 atom stereocenters. The van der Waals surface area contributed by atoms with Crippen LogP contribution in [0.15, 0.2) is 0 Å². The summed E-state index contributed by atoms with van der Waals surface area (Å²) in [5.41, 5.74) is 0. The molecule has 0 amide bonds. The Balaban J connectivity index is 4.70. The van der Waals surface area contributed by atoms with Crippen LogP contribution in [0.4, 0.5) is 13.2 Å². The second kappa shape index (κ2) is 3.84. The molecule has 0 saturated carbocycles. The van der Waals surface area contributed by atoms with Crippen molar-refractivity contribution in [1.29, 1.82) is 0 Å². The Morgan fingerprint density at radius 3 is 2.00 bits per heavy atom. The van der Waals surface area contributed by atoms with Crippen LogP contribution in [0.25, 0.3) is 0 Å². The van der Waals surface area contributed by atoms with Gasteiger partial charge in [-0.2, -0.15) is 13.2 Å². The summed E-state index contributed by atoms with van der Waals surface area (Å²) < 4.78 is 71.3. The average molecular weight is 227 g/mol. The second-order valence-electron chi connectivity index (χ2n) is 1.43.